The number of nitrogens with zero attached hydrogens (tertiary/aromatic N) is 9. The van der Waals surface area contributed by atoms with Crippen LogP contribution in [0.25, 0.3) is 102 Å². The van der Waals surface area contributed by atoms with E-state index in [0.717, 1.165) is 107 Å². The molecule has 3 aromatic heterocycles. The number of aromatic nitrogens is 7. The summed E-state index contributed by atoms with van der Waals surface area (Å²) in [6.07, 6.45) is 0. The van der Waals surface area contributed by atoms with Gasteiger partial charge in [0.05, 0.1) is 51.2 Å². The topological polar surface area (TPSA) is 96.7 Å². The van der Waals surface area contributed by atoms with Crippen molar-refractivity contribution in [3.63, 3.8) is 0 Å². The fourth-order valence-electron chi connectivity index (χ4n) is 10.5. The van der Waals surface area contributed by atoms with E-state index in [4.69, 9.17) is 34.9 Å². The van der Waals surface area contributed by atoms with Crippen molar-refractivity contribution in [1.82, 2.24) is 34.9 Å². The first kappa shape index (κ1) is 47.4. The number of rotatable bonds is 11. The summed E-state index contributed by atoms with van der Waals surface area (Å²) >= 11 is 0. The molecule has 4 heterocycles. The second-order valence-corrected chi connectivity index (χ2v) is 19.3. The molecule has 0 saturated heterocycles. The molecule has 13 aromatic rings. The first-order chi connectivity index (χ1) is 39.7. The van der Waals surface area contributed by atoms with Gasteiger partial charge in [-0.1, -0.05) is 237 Å². The molecule has 14 rings (SSSR count). The highest BCUT2D eigenvalue weighted by atomic mass is 15.3. The molecular formula is C71H47N9. The maximum Gasteiger partial charge on any atom is 0.238 e. The van der Waals surface area contributed by atoms with E-state index in [9.17, 15) is 0 Å². The van der Waals surface area contributed by atoms with Gasteiger partial charge >= 0.3 is 0 Å². The zero-order chi connectivity index (χ0) is 53.2. The number of fused-ring (bicyclic) bond motifs is 2. The molecule has 0 radical (unpaired) electrons. The lowest BCUT2D eigenvalue weighted by Gasteiger charge is -2.40. The summed E-state index contributed by atoms with van der Waals surface area (Å²) in [6, 6.07) is 97.4. The third-order valence-corrected chi connectivity index (χ3v) is 14.3. The Morgan fingerprint density at radius 2 is 0.487 bits per heavy atom. The minimum atomic E-state index is 0.480. The van der Waals surface area contributed by atoms with Crippen molar-refractivity contribution in [3.05, 3.63) is 285 Å². The summed E-state index contributed by atoms with van der Waals surface area (Å²) in [5.41, 5.74) is 16.7. The predicted octanol–water partition coefficient (Wildman–Crippen LogP) is 17.7. The van der Waals surface area contributed by atoms with Gasteiger partial charge in [-0.3, -0.25) is 4.90 Å². The van der Waals surface area contributed by atoms with E-state index in [1.54, 1.807) is 0 Å². The highest BCUT2D eigenvalue weighted by molar-refractivity contribution is 6.05. The summed E-state index contributed by atoms with van der Waals surface area (Å²) < 4.78 is 0. The Balaban J connectivity index is 1.07. The lowest BCUT2D eigenvalue weighted by Crippen LogP contribution is -2.26. The van der Waals surface area contributed by atoms with Crippen LogP contribution in [0, 0.1) is 0 Å². The number of para-hydroxylation sites is 4. The van der Waals surface area contributed by atoms with E-state index in [1.807, 2.05) is 140 Å². The Bertz CT molecular complexity index is 4120. The highest BCUT2D eigenvalue weighted by Crippen LogP contribution is 2.56. The van der Waals surface area contributed by atoms with Crippen molar-refractivity contribution in [3.8, 4) is 102 Å². The third-order valence-electron chi connectivity index (χ3n) is 14.3. The maximum atomic E-state index is 5.56. The summed E-state index contributed by atoms with van der Waals surface area (Å²) in [5.74, 6) is 2.70. The van der Waals surface area contributed by atoms with E-state index in [1.165, 1.54) is 0 Å². The first-order valence-corrected chi connectivity index (χ1v) is 26.6. The Labute approximate surface area is 463 Å². The zero-order valence-corrected chi connectivity index (χ0v) is 43.2. The molecule has 0 aliphatic carbocycles. The molecule has 1 aliphatic rings. The molecule has 9 nitrogen and oxygen atoms in total. The number of anilines is 6. The fraction of sp³-hybridized carbons (Fsp3) is 0. The molecule has 0 amide bonds. The van der Waals surface area contributed by atoms with Gasteiger partial charge in [0.1, 0.15) is 0 Å². The van der Waals surface area contributed by atoms with Crippen molar-refractivity contribution in [1.29, 1.82) is 0 Å². The molecule has 0 unspecified atom stereocenters. The monoisotopic (exact) mass is 1030 g/mol. The summed E-state index contributed by atoms with van der Waals surface area (Å²) in [6.45, 7) is 0. The van der Waals surface area contributed by atoms with Gasteiger partial charge in [-0.05, 0) is 59.7 Å². The van der Waals surface area contributed by atoms with Gasteiger partial charge in [-0.2, -0.15) is 9.97 Å². The summed E-state index contributed by atoms with van der Waals surface area (Å²) in [4.78, 5) is 42.2. The quantitative estimate of drug-likeness (QED) is 0.125. The average Bonchev–Trinajstić information content (AvgIpc) is 3.68. The summed E-state index contributed by atoms with van der Waals surface area (Å²) in [5, 5.41) is 0. The number of hydrogen-bond acceptors (Lipinski definition) is 9. The predicted molar refractivity (Wildman–Crippen MR) is 323 cm³/mol. The third kappa shape index (κ3) is 9.10. The van der Waals surface area contributed by atoms with Crippen LogP contribution in [-0.2, 0) is 0 Å². The minimum Gasteiger partial charge on any atom is -0.306 e. The maximum absolute atomic E-state index is 5.56. The van der Waals surface area contributed by atoms with Crippen LogP contribution in [-0.4, -0.2) is 34.9 Å². The first-order valence-electron chi connectivity index (χ1n) is 26.6. The van der Waals surface area contributed by atoms with Crippen LogP contribution < -0.4 is 9.80 Å². The zero-order valence-electron chi connectivity index (χ0n) is 43.2. The van der Waals surface area contributed by atoms with Crippen molar-refractivity contribution >= 4 is 34.4 Å². The molecule has 0 fully saturated rings. The van der Waals surface area contributed by atoms with Gasteiger partial charge in [0, 0.05) is 44.5 Å². The molecule has 0 N–H and O–H groups in total. The molecule has 80 heavy (non-hydrogen) atoms. The van der Waals surface area contributed by atoms with Crippen molar-refractivity contribution in [2.75, 3.05) is 9.80 Å². The lowest BCUT2D eigenvalue weighted by molar-refractivity contribution is 1.01. The minimum absolute atomic E-state index is 0.480. The normalized spacial score (nSPS) is 11.7. The van der Waals surface area contributed by atoms with Gasteiger partial charge in [-0.15, -0.1) is 0 Å². The van der Waals surface area contributed by atoms with Crippen LogP contribution >= 0.6 is 0 Å². The van der Waals surface area contributed by atoms with Gasteiger partial charge in [0.2, 0.25) is 5.95 Å². The SMILES string of the molecule is c1ccc(-c2cc(-c3ccccc3)nc(-c3cc(-c4nc(-c5ccccc5)cc(-c5ccccc5)n4)c(N4c5ccccc5N(c5nc(-c6ccccc6)nc(-c6ccccc6)n5)c5ccccc54)cc3-c3ccccc3)n2)cc1. The lowest BCUT2D eigenvalue weighted by atomic mass is 9.93. The average molecular weight is 1030 g/mol. The van der Waals surface area contributed by atoms with Gasteiger partial charge < -0.3 is 4.90 Å². The van der Waals surface area contributed by atoms with E-state index < -0.39 is 0 Å². The molecule has 9 heteroatoms. The largest absolute Gasteiger partial charge is 0.306 e. The second kappa shape index (κ2) is 20.8. The van der Waals surface area contributed by atoms with E-state index in [-0.39, 0.29) is 0 Å². The smallest absolute Gasteiger partial charge is 0.238 e. The molecule has 10 aromatic carbocycles. The molecular weight excluding hydrogens is 979 g/mol. The number of benzene rings is 10. The van der Waals surface area contributed by atoms with Gasteiger partial charge in [0.15, 0.2) is 23.3 Å². The molecule has 1 aliphatic heterocycles. The van der Waals surface area contributed by atoms with Gasteiger partial charge in [0.25, 0.3) is 0 Å². The fourth-order valence-corrected chi connectivity index (χ4v) is 10.5. The number of hydrogen-bond donors (Lipinski definition) is 0. The molecule has 0 bridgehead atoms. The van der Waals surface area contributed by atoms with Crippen LogP contribution in [0.2, 0.25) is 0 Å². The molecule has 0 atom stereocenters. The van der Waals surface area contributed by atoms with Gasteiger partial charge in [-0.25, -0.2) is 24.9 Å². The molecule has 0 saturated carbocycles. The Morgan fingerprint density at radius 1 is 0.188 bits per heavy atom. The van der Waals surface area contributed by atoms with Crippen molar-refractivity contribution in [2.24, 2.45) is 0 Å². The van der Waals surface area contributed by atoms with Crippen molar-refractivity contribution in [2.45, 2.75) is 0 Å². The van der Waals surface area contributed by atoms with Crippen LogP contribution in [0.5, 0.6) is 0 Å². The second-order valence-electron chi connectivity index (χ2n) is 19.3. The van der Waals surface area contributed by atoms with Crippen LogP contribution in [0.4, 0.5) is 34.4 Å². The Hall–Kier alpha value is -11.0. The standard InChI is InChI=1S/C71H47N9/c1-8-26-48(27-9-1)55-45-66(79-62-40-22-24-42-64(62)80(65-43-25-23-41-63(65)79)71-77-67(53-36-18-6-19-37-53)76-68(78-71)54-38-20-7-21-39-54)57(70-74-60(51-32-14-4-15-33-51)47-61(75-70)52-34-16-5-17-35-52)44-56(55)69-72-58(49-28-10-2-11-29-49)46-59(73-69)50-30-12-3-13-31-50/h1-47H. The van der Waals surface area contributed by atoms with Crippen molar-refractivity contribution < 1.29 is 0 Å². The van der Waals surface area contributed by atoms with E-state index in [2.05, 4.69) is 155 Å². The highest BCUT2D eigenvalue weighted by Gasteiger charge is 2.35. The van der Waals surface area contributed by atoms with E-state index in [0.29, 0.717) is 29.2 Å². The Kier molecular flexibility index (Phi) is 12.3. The van der Waals surface area contributed by atoms with E-state index >= 15 is 0 Å². The molecule has 0 spiro atoms. The Morgan fingerprint density at radius 3 is 0.850 bits per heavy atom. The van der Waals surface area contributed by atoms with Crippen LogP contribution in [0.1, 0.15) is 0 Å². The van der Waals surface area contributed by atoms with Crippen LogP contribution in [0.3, 0.4) is 0 Å². The summed E-state index contributed by atoms with van der Waals surface area (Å²) in [7, 11) is 0. The molecule has 376 valence electrons. The van der Waals surface area contributed by atoms with Crippen LogP contribution in [0.15, 0.2) is 285 Å².